The molecule has 0 spiro atoms. The van der Waals surface area contributed by atoms with Gasteiger partial charge in [0.2, 0.25) is 0 Å². The predicted octanol–water partition coefficient (Wildman–Crippen LogP) is 0.759. The van der Waals surface area contributed by atoms with E-state index in [0.717, 1.165) is 0 Å². The summed E-state index contributed by atoms with van der Waals surface area (Å²) in [4.78, 5) is 20.9. The predicted molar refractivity (Wildman–Crippen MR) is 44.5 cm³/mol. The molecule has 0 aliphatic heterocycles. The molecule has 2 N–H and O–H groups in total. The van der Waals surface area contributed by atoms with Gasteiger partial charge in [0.05, 0.1) is 0 Å². The first kappa shape index (κ1) is 9.25. The Morgan fingerprint density at radius 2 is 1.85 bits per heavy atom. The molecule has 1 rings (SSSR count). The standard InChI is InChI=1S/C9H8O4/c10-5-8(9(12)13)6-1-3-7(11)4-2-6/h1-5,8,11H,(H,12,13). The van der Waals surface area contributed by atoms with Gasteiger partial charge in [-0.1, -0.05) is 12.1 Å². The molecule has 0 fully saturated rings. The number of aromatic hydroxyl groups is 1. The number of hydrogen-bond donors (Lipinski definition) is 2. The zero-order chi connectivity index (χ0) is 9.84. The topological polar surface area (TPSA) is 74.6 Å². The highest BCUT2D eigenvalue weighted by atomic mass is 16.4. The Balaban J connectivity index is 2.99. The maximum atomic E-state index is 10.5. The lowest BCUT2D eigenvalue weighted by Crippen LogP contribution is -2.12. The van der Waals surface area contributed by atoms with Crippen molar-refractivity contribution < 1.29 is 19.8 Å². The smallest absolute Gasteiger partial charge is 0.318 e. The van der Waals surface area contributed by atoms with Gasteiger partial charge in [-0.15, -0.1) is 0 Å². The van der Waals surface area contributed by atoms with Gasteiger partial charge in [-0.05, 0) is 17.7 Å². The van der Waals surface area contributed by atoms with Gasteiger partial charge in [0.25, 0.3) is 0 Å². The van der Waals surface area contributed by atoms with Crippen LogP contribution < -0.4 is 0 Å². The van der Waals surface area contributed by atoms with Crippen molar-refractivity contribution in [2.24, 2.45) is 0 Å². The lowest BCUT2D eigenvalue weighted by molar-refractivity contribution is -0.140. The van der Waals surface area contributed by atoms with Crippen LogP contribution in [0.4, 0.5) is 0 Å². The zero-order valence-corrected chi connectivity index (χ0v) is 6.68. The minimum Gasteiger partial charge on any atom is -0.508 e. The van der Waals surface area contributed by atoms with Gasteiger partial charge in [-0.2, -0.15) is 0 Å². The van der Waals surface area contributed by atoms with Gasteiger partial charge in [-0.25, -0.2) is 0 Å². The van der Waals surface area contributed by atoms with Gasteiger partial charge in [0.1, 0.15) is 18.0 Å². The van der Waals surface area contributed by atoms with E-state index in [1.54, 1.807) is 0 Å². The van der Waals surface area contributed by atoms with Crippen LogP contribution in [0.2, 0.25) is 0 Å². The first-order valence-corrected chi connectivity index (χ1v) is 3.62. The number of phenols is 1. The molecule has 0 aliphatic rings. The zero-order valence-electron chi connectivity index (χ0n) is 6.68. The summed E-state index contributed by atoms with van der Waals surface area (Å²) in [5, 5.41) is 17.5. The van der Waals surface area contributed by atoms with Crippen molar-refractivity contribution in [2.45, 2.75) is 5.92 Å². The number of carboxylic acid groups (broad SMARTS) is 1. The number of aldehydes is 1. The second kappa shape index (κ2) is 3.71. The molecular formula is C9H8O4. The average Bonchev–Trinajstić information content (AvgIpc) is 2.09. The average molecular weight is 180 g/mol. The number of carbonyl (C=O) groups is 2. The quantitative estimate of drug-likeness (QED) is 0.532. The fourth-order valence-electron chi connectivity index (χ4n) is 0.961. The molecule has 4 nitrogen and oxygen atoms in total. The molecule has 1 aromatic rings. The van der Waals surface area contributed by atoms with E-state index >= 15 is 0 Å². The molecule has 1 aromatic carbocycles. The summed E-state index contributed by atoms with van der Waals surface area (Å²) >= 11 is 0. The summed E-state index contributed by atoms with van der Waals surface area (Å²) in [6.45, 7) is 0. The first-order valence-electron chi connectivity index (χ1n) is 3.62. The Bertz CT molecular complexity index is 315. The van der Waals surface area contributed by atoms with Gasteiger partial charge in [-0.3, -0.25) is 4.79 Å². The fourth-order valence-corrected chi connectivity index (χ4v) is 0.961. The lowest BCUT2D eigenvalue weighted by Gasteiger charge is -2.04. The van der Waals surface area contributed by atoms with E-state index in [1.165, 1.54) is 24.3 Å². The summed E-state index contributed by atoms with van der Waals surface area (Å²) in [5.41, 5.74) is 0.361. The number of benzene rings is 1. The highest BCUT2D eigenvalue weighted by Gasteiger charge is 2.18. The number of carboxylic acids is 1. The second-order valence-corrected chi connectivity index (χ2v) is 2.54. The normalized spacial score (nSPS) is 12.0. The molecule has 0 heterocycles. The van der Waals surface area contributed by atoms with E-state index in [2.05, 4.69) is 0 Å². The van der Waals surface area contributed by atoms with E-state index in [4.69, 9.17) is 10.2 Å². The third-order valence-electron chi connectivity index (χ3n) is 1.65. The Labute approximate surface area is 74.4 Å². The van der Waals surface area contributed by atoms with Crippen LogP contribution in [0.1, 0.15) is 11.5 Å². The van der Waals surface area contributed by atoms with Gasteiger partial charge < -0.3 is 15.0 Å². The molecule has 4 heteroatoms. The third-order valence-corrected chi connectivity index (χ3v) is 1.65. The van der Waals surface area contributed by atoms with E-state index < -0.39 is 11.9 Å². The maximum Gasteiger partial charge on any atom is 0.318 e. The number of hydrogen-bond acceptors (Lipinski definition) is 3. The lowest BCUT2D eigenvalue weighted by atomic mass is 10.0. The minimum absolute atomic E-state index is 0.0405. The molecule has 0 amide bonds. The van der Waals surface area contributed by atoms with Crippen LogP contribution in [-0.2, 0) is 9.59 Å². The van der Waals surface area contributed by atoms with Crippen molar-refractivity contribution in [3.05, 3.63) is 29.8 Å². The molecular weight excluding hydrogens is 172 g/mol. The van der Waals surface area contributed by atoms with Crippen LogP contribution in [0.15, 0.2) is 24.3 Å². The minimum atomic E-state index is -1.19. The molecule has 1 atom stereocenters. The van der Waals surface area contributed by atoms with Crippen LogP contribution in [-0.4, -0.2) is 22.5 Å². The van der Waals surface area contributed by atoms with Crippen molar-refractivity contribution >= 4 is 12.3 Å². The van der Waals surface area contributed by atoms with Crippen molar-refractivity contribution in [2.75, 3.05) is 0 Å². The number of phenolic OH excluding ortho intramolecular Hbond substituents is 1. The third kappa shape index (κ3) is 2.05. The first-order chi connectivity index (χ1) is 6.15. The van der Waals surface area contributed by atoms with Crippen LogP contribution in [0.3, 0.4) is 0 Å². The number of aliphatic carboxylic acids is 1. The molecule has 0 saturated carbocycles. The highest BCUT2D eigenvalue weighted by molar-refractivity contribution is 5.92. The van der Waals surface area contributed by atoms with Crippen LogP contribution in [0.25, 0.3) is 0 Å². The highest BCUT2D eigenvalue weighted by Crippen LogP contribution is 2.17. The largest absolute Gasteiger partial charge is 0.508 e. The summed E-state index contributed by atoms with van der Waals surface area (Å²) in [6, 6.07) is 5.49. The van der Waals surface area contributed by atoms with Crippen molar-refractivity contribution in [3.63, 3.8) is 0 Å². The molecule has 0 aromatic heterocycles. The van der Waals surface area contributed by atoms with E-state index in [-0.39, 0.29) is 5.75 Å². The summed E-state index contributed by atoms with van der Waals surface area (Å²) in [5.74, 6) is -2.31. The Hall–Kier alpha value is -1.84. The number of carbonyl (C=O) groups excluding carboxylic acids is 1. The molecule has 1 unspecified atom stereocenters. The van der Waals surface area contributed by atoms with Gasteiger partial charge in [0, 0.05) is 0 Å². The van der Waals surface area contributed by atoms with Crippen LogP contribution >= 0.6 is 0 Å². The van der Waals surface area contributed by atoms with Crippen molar-refractivity contribution in [1.29, 1.82) is 0 Å². The SMILES string of the molecule is O=CC(C(=O)O)c1ccc(O)cc1. The van der Waals surface area contributed by atoms with E-state index in [0.29, 0.717) is 11.8 Å². The van der Waals surface area contributed by atoms with Crippen molar-refractivity contribution in [1.82, 2.24) is 0 Å². The molecule has 0 bridgehead atoms. The Morgan fingerprint density at radius 1 is 1.31 bits per heavy atom. The Morgan fingerprint density at radius 3 is 2.23 bits per heavy atom. The fraction of sp³-hybridized carbons (Fsp3) is 0.111. The maximum absolute atomic E-state index is 10.5. The molecule has 0 saturated heterocycles. The number of rotatable bonds is 3. The molecule has 13 heavy (non-hydrogen) atoms. The molecule has 68 valence electrons. The van der Waals surface area contributed by atoms with E-state index in [9.17, 15) is 9.59 Å². The van der Waals surface area contributed by atoms with Gasteiger partial charge >= 0.3 is 5.97 Å². The molecule has 0 radical (unpaired) electrons. The Kier molecular flexibility index (Phi) is 2.64. The van der Waals surface area contributed by atoms with Gasteiger partial charge in [0.15, 0.2) is 0 Å². The van der Waals surface area contributed by atoms with Crippen LogP contribution in [0.5, 0.6) is 5.75 Å². The summed E-state index contributed by atoms with van der Waals surface area (Å²) in [7, 11) is 0. The monoisotopic (exact) mass is 180 g/mol. The molecule has 0 aliphatic carbocycles. The second-order valence-electron chi connectivity index (χ2n) is 2.54. The summed E-state index contributed by atoms with van der Waals surface area (Å²) < 4.78 is 0. The van der Waals surface area contributed by atoms with Crippen molar-refractivity contribution in [3.8, 4) is 5.75 Å². The van der Waals surface area contributed by atoms with E-state index in [1.807, 2.05) is 0 Å². The van der Waals surface area contributed by atoms with Crippen LogP contribution in [0, 0.1) is 0 Å². The summed E-state index contributed by atoms with van der Waals surface area (Å²) in [6.07, 6.45) is 0.356.